The molecule has 7 heteroatoms. The van der Waals surface area contributed by atoms with Gasteiger partial charge in [-0.15, -0.1) is 0 Å². The van der Waals surface area contributed by atoms with Crippen molar-refractivity contribution >= 4 is 23.2 Å². The summed E-state index contributed by atoms with van der Waals surface area (Å²) in [5.74, 6) is -1.24. The van der Waals surface area contributed by atoms with Crippen molar-refractivity contribution in [1.29, 1.82) is 0 Å². The lowest BCUT2D eigenvalue weighted by Crippen LogP contribution is -2.28. The van der Waals surface area contributed by atoms with Gasteiger partial charge in [-0.05, 0) is 24.1 Å². The zero-order valence-corrected chi connectivity index (χ0v) is 10.3. The fraction of sp³-hybridized carbons (Fsp3) is 0.308. The van der Waals surface area contributed by atoms with Crippen LogP contribution in [0.1, 0.15) is 12.0 Å². The van der Waals surface area contributed by atoms with E-state index >= 15 is 0 Å². The Bertz CT molecular complexity index is 598. The first-order valence-electron chi connectivity index (χ1n) is 6.13. The second-order valence-corrected chi connectivity index (χ2v) is 4.79. The molecule has 5 nitrogen and oxygen atoms in total. The van der Waals surface area contributed by atoms with Crippen molar-refractivity contribution in [2.75, 3.05) is 5.32 Å². The van der Waals surface area contributed by atoms with Crippen LogP contribution in [0.2, 0.25) is 0 Å². The summed E-state index contributed by atoms with van der Waals surface area (Å²) < 4.78 is 24.2. The topological polar surface area (TPSA) is 70.6 Å². The Balaban J connectivity index is 1.74. The molecule has 1 saturated carbocycles. The zero-order chi connectivity index (χ0) is 14.3. The van der Waals surface area contributed by atoms with Gasteiger partial charge in [-0.25, -0.2) is 5.43 Å². The monoisotopic (exact) mass is 279 g/mol. The molecule has 104 valence electrons. The second kappa shape index (κ2) is 4.66. The number of rotatable bonds is 3. The van der Waals surface area contributed by atoms with E-state index in [9.17, 15) is 18.4 Å². The fourth-order valence-electron chi connectivity index (χ4n) is 2.27. The van der Waals surface area contributed by atoms with Crippen LogP contribution in [-0.4, -0.2) is 24.0 Å². The maximum absolute atomic E-state index is 12.1. The highest BCUT2D eigenvalue weighted by atomic mass is 19.3. The maximum atomic E-state index is 12.1. The summed E-state index contributed by atoms with van der Waals surface area (Å²) in [7, 11) is 0. The number of hydrogen-bond acceptors (Lipinski definition) is 3. The van der Waals surface area contributed by atoms with Gasteiger partial charge in [0.1, 0.15) is 0 Å². The van der Waals surface area contributed by atoms with Crippen molar-refractivity contribution in [3.8, 4) is 0 Å². The third kappa shape index (κ3) is 2.26. The smallest absolute Gasteiger partial charge is 0.315 e. The number of nitrogens with one attached hydrogen (secondary N) is 2. The fourth-order valence-corrected chi connectivity index (χ4v) is 2.27. The van der Waals surface area contributed by atoms with Gasteiger partial charge in [0, 0.05) is 17.5 Å². The Morgan fingerprint density at radius 2 is 2.00 bits per heavy atom. The second-order valence-electron chi connectivity index (χ2n) is 4.79. The van der Waals surface area contributed by atoms with Crippen molar-refractivity contribution in [3.63, 3.8) is 0 Å². The molecule has 0 bridgehead atoms. The Kier molecular flexibility index (Phi) is 2.96. The summed E-state index contributed by atoms with van der Waals surface area (Å²) in [6, 6.07) is 6.44. The predicted molar refractivity (Wildman–Crippen MR) is 67.4 cm³/mol. The van der Waals surface area contributed by atoms with Gasteiger partial charge in [0.05, 0.1) is 5.71 Å². The minimum atomic E-state index is -3.04. The first-order valence-corrected chi connectivity index (χ1v) is 6.13. The minimum Gasteiger partial charge on any atom is -0.321 e. The molecule has 2 amide bonds. The quantitative estimate of drug-likeness (QED) is 0.877. The Morgan fingerprint density at radius 1 is 1.30 bits per heavy atom. The maximum Gasteiger partial charge on any atom is 0.315 e. The van der Waals surface area contributed by atoms with Crippen molar-refractivity contribution in [3.05, 3.63) is 29.8 Å². The summed E-state index contributed by atoms with van der Waals surface area (Å²) in [6.45, 7) is 0. The Labute approximate surface area is 113 Å². The SMILES string of the molecule is O=C(Nc1ccc(C2=NNC(=O)C3CC23)cc1)C(F)F. The number of halogens is 2. The van der Waals surface area contributed by atoms with E-state index in [0.29, 0.717) is 5.69 Å². The van der Waals surface area contributed by atoms with Crippen molar-refractivity contribution < 1.29 is 18.4 Å². The molecule has 1 aromatic carbocycles. The van der Waals surface area contributed by atoms with Gasteiger partial charge in [-0.1, -0.05) is 12.1 Å². The third-order valence-electron chi connectivity index (χ3n) is 3.41. The summed E-state index contributed by atoms with van der Waals surface area (Å²) in [5.41, 5.74) is 4.37. The average molecular weight is 279 g/mol. The van der Waals surface area contributed by atoms with Gasteiger partial charge < -0.3 is 5.32 Å². The number of fused-ring (bicyclic) bond motifs is 1. The summed E-state index contributed by atoms with van der Waals surface area (Å²) in [6.07, 6.45) is -2.26. The highest BCUT2D eigenvalue weighted by Gasteiger charge is 2.49. The van der Waals surface area contributed by atoms with Crippen LogP contribution in [0.4, 0.5) is 14.5 Å². The highest BCUT2D eigenvalue weighted by Crippen LogP contribution is 2.43. The van der Waals surface area contributed by atoms with Crippen LogP contribution in [0, 0.1) is 11.8 Å². The molecule has 2 N–H and O–H groups in total. The molecular weight excluding hydrogens is 268 g/mol. The largest absolute Gasteiger partial charge is 0.321 e. The van der Waals surface area contributed by atoms with Gasteiger partial charge in [0.2, 0.25) is 5.91 Å². The molecule has 1 aliphatic heterocycles. The minimum absolute atomic E-state index is 0.000660. The molecule has 0 radical (unpaired) electrons. The lowest BCUT2D eigenvalue weighted by molar-refractivity contribution is -0.126. The van der Waals surface area contributed by atoms with E-state index in [1.165, 1.54) is 12.1 Å². The molecule has 2 unspecified atom stereocenters. The Hall–Kier alpha value is -2.31. The van der Waals surface area contributed by atoms with E-state index in [2.05, 4.69) is 15.8 Å². The van der Waals surface area contributed by atoms with Crippen LogP contribution in [-0.2, 0) is 9.59 Å². The van der Waals surface area contributed by atoms with Crippen molar-refractivity contribution in [2.45, 2.75) is 12.8 Å². The Morgan fingerprint density at radius 3 is 2.65 bits per heavy atom. The molecule has 0 saturated heterocycles. The summed E-state index contributed by atoms with van der Waals surface area (Å²) >= 11 is 0. The molecule has 20 heavy (non-hydrogen) atoms. The molecular formula is C13H11F2N3O2. The molecule has 0 aromatic heterocycles. The number of hydrazone groups is 1. The van der Waals surface area contributed by atoms with Crippen LogP contribution >= 0.6 is 0 Å². The normalized spacial score (nSPS) is 23.8. The van der Waals surface area contributed by atoms with Gasteiger partial charge in [-0.2, -0.15) is 13.9 Å². The number of benzene rings is 1. The van der Waals surface area contributed by atoms with Crippen molar-refractivity contribution in [1.82, 2.24) is 5.43 Å². The van der Waals surface area contributed by atoms with Gasteiger partial charge in [0.25, 0.3) is 5.91 Å². The van der Waals surface area contributed by atoms with E-state index in [0.717, 1.165) is 17.7 Å². The van der Waals surface area contributed by atoms with E-state index < -0.39 is 12.3 Å². The molecule has 0 spiro atoms. The van der Waals surface area contributed by atoms with E-state index in [1.807, 2.05) is 0 Å². The highest BCUT2D eigenvalue weighted by molar-refractivity contribution is 6.09. The van der Waals surface area contributed by atoms with Crippen LogP contribution in [0.15, 0.2) is 29.4 Å². The van der Waals surface area contributed by atoms with E-state index in [-0.39, 0.29) is 17.7 Å². The summed E-state index contributed by atoms with van der Waals surface area (Å²) in [5, 5.41) is 6.13. The lowest BCUT2D eigenvalue weighted by Gasteiger charge is -2.12. The predicted octanol–water partition coefficient (Wildman–Crippen LogP) is 1.36. The van der Waals surface area contributed by atoms with Gasteiger partial charge in [0.15, 0.2) is 0 Å². The van der Waals surface area contributed by atoms with Crippen LogP contribution < -0.4 is 10.7 Å². The molecule has 3 rings (SSSR count). The lowest BCUT2D eigenvalue weighted by atomic mass is 10.0. The number of carbonyl (C=O) groups is 2. The van der Waals surface area contributed by atoms with Gasteiger partial charge in [-0.3, -0.25) is 9.59 Å². The van der Waals surface area contributed by atoms with E-state index in [4.69, 9.17) is 0 Å². The number of alkyl halides is 2. The standard InChI is InChI=1S/C13H11F2N3O2/c14-11(15)13(20)16-7-3-1-6(2-4-7)10-8-5-9(8)12(19)18-17-10/h1-4,8-9,11H,5H2,(H,16,20)(H,18,19). The van der Waals surface area contributed by atoms with E-state index in [1.54, 1.807) is 12.1 Å². The van der Waals surface area contributed by atoms with Crippen LogP contribution in [0.3, 0.4) is 0 Å². The number of nitrogens with zero attached hydrogens (tertiary/aromatic N) is 1. The number of carbonyl (C=O) groups excluding carboxylic acids is 2. The first kappa shape index (κ1) is 12.7. The number of anilines is 1. The number of hydrogen-bond donors (Lipinski definition) is 2. The molecule has 1 heterocycles. The summed E-state index contributed by atoms with van der Waals surface area (Å²) in [4.78, 5) is 22.2. The first-order chi connectivity index (χ1) is 9.56. The van der Waals surface area contributed by atoms with Crippen molar-refractivity contribution in [2.24, 2.45) is 16.9 Å². The molecule has 2 atom stereocenters. The van der Waals surface area contributed by atoms with Crippen LogP contribution in [0.5, 0.6) is 0 Å². The molecule has 1 aliphatic carbocycles. The number of amides is 2. The molecule has 2 aliphatic rings. The molecule has 1 fully saturated rings. The zero-order valence-electron chi connectivity index (χ0n) is 10.3. The molecule has 1 aromatic rings. The van der Waals surface area contributed by atoms with Gasteiger partial charge >= 0.3 is 6.43 Å². The van der Waals surface area contributed by atoms with Crippen LogP contribution in [0.25, 0.3) is 0 Å². The third-order valence-corrected chi connectivity index (χ3v) is 3.41. The average Bonchev–Trinajstić information content (AvgIpc) is 3.21.